The van der Waals surface area contributed by atoms with Gasteiger partial charge in [0.2, 0.25) is 0 Å². The molecule has 0 radical (unpaired) electrons. The third kappa shape index (κ3) is 5.40. The number of ether oxygens (including phenoxy) is 1. The molecular formula is C26H25N3O3. The molecule has 6 nitrogen and oxygen atoms in total. The zero-order valence-electron chi connectivity index (χ0n) is 17.7. The van der Waals surface area contributed by atoms with Crippen molar-refractivity contribution in [3.63, 3.8) is 0 Å². The van der Waals surface area contributed by atoms with E-state index in [1.165, 1.54) is 0 Å². The van der Waals surface area contributed by atoms with Crippen molar-refractivity contribution in [3.8, 4) is 5.75 Å². The summed E-state index contributed by atoms with van der Waals surface area (Å²) in [6.07, 6.45) is 5.61. The van der Waals surface area contributed by atoms with Gasteiger partial charge in [-0.2, -0.15) is 5.10 Å². The van der Waals surface area contributed by atoms with E-state index in [1.54, 1.807) is 6.20 Å². The number of aldehydes is 1. The highest BCUT2D eigenvalue weighted by atomic mass is 16.5. The molecule has 6 heteroatoms. The molecule has 1 N–H and O–H groups in total. The molecule has 0 aliphatic heterocycles. The predicted octanol–water partition coefficient (Wildman–Crippen LogP) is 4.02. The second kappa shape index (κ2) is 10.4. The van der Waals surface area contributed by atoms with Crippen LogP contribution in [0.3, 0.4) is 0 Å². The molecular weight excluding hydrogens is 402 g/mol. The summed E-state index contributed by atoms with van der Waals surface area (Å²) in [4.78, 5) is 23.3. The molecule has 4 rings (SSSR count). The Balaban J connectivity index is 1.36. The molecule has 32 heavy (non-hydrogen) atoms. The van der Waals surface area contributed by atoms with Crippen molar-refractivity contribution >= 4 is 23.0 Å². The van der Waals surface area contributed by atoms with Gasteiger partial charge >= 0.3 is 0 Å². The Bertz CT molecular complexity index is 1200. The van der Waals surface area contributed by atoms with Crippen molar-refractivity contribution in [3.05, 3.63) is 95.8 Å². The number of nitrogens with zero attached hydrogens (tertiary/aromatic N) is 2. The first-order chi connectivity index (χ1) is 15.7. The van der Waals surface area contributed by atoms with Crippen molar-refractivity contribution in [2.75, 3.05) is 13.2 Å². The minimum Gasteiger partial charge on any atom is -0.491 e. The number of carbonyl (C=O) groups excluding carboxylic acids is 2. The zero-order chi connectivity index (χ0) is 22.2. The highest BCUT2D eigenvalue weighted by Gasteiger charge is 2.09. The van der Waals surface area contributed by atoms with E-state index in [0.717, 1.165) is 33.9 Å². The van der Waals surface area contributed by atoms with E-state index in [-0.39, 0.29) is 5.91 Å². The second-order valence-electron chi connectivity index (χ2n) is 7.52. The molecule has 0 atom stereocenters. The van der Waals surface area contributed by atoms with Crippen LogP contribution in [0.5, 0.6) is 5.75 Å². The summed E-state index contributed by atoms with van der Waals surface area (Å²) in [7, 11) is 0. The highest BCUT2D eigenvalue weighted by Crippen LogP contribution is 2.22. The quantitative estimate of drug-likeness (QED) is 0.306. The smallest absolute Gasteiger partial charge is 0.251 e. The molecule has 0 bridgehead atoms. The molecule has 162 valence electrons. The SMILES string of the molecule is O=CCCc1ccc(Cn2cccn2)cc1OCCNC(=O)c1ccc2ccccc2c1. The lowest BCUT2D eigenvalue weighted by atomic mass is 10.1. The monoisotopic (exact) mass is 427 g/mol. The second-order valence-corrected chi connectivity index (χ2v) is 7.52. The number of aromatic nitrogens is 2. The number of nitrogens with one attached hydrogen (secondary N) is 1. The normalized spacial score (nSPS) is 10.8. The summed E-state index contributed by atoms with van der Waals surface area (Å²) < 4.78 is 7.83. The molecule has 1 amide bonds. The summed E-state index contributed by atoms with van der Waals surface area (Å²) >= 11 is 0. The van der Waals surface area contributed by atoms with E-state index >= 15 is 0 Å². The van der Waals surface area contributed by atoms with Gasteiger partial charge in [0.1, 0.15) is 18.6 Å². The molecule has 0 aliphatic carbocycles. The van der Waals surface area contributed by atoms with E-state index < -0.39 is 0 Å². The van der Waals surface area contributed by atoms with Crippen LogP contribution in [-0.4, -0.2) is 35.1 Å². The van der Waals surface area contributed by atoms with Gasteiger partial charge in [0.05, 0.1) is 13.1 Å². The Hall–Kier alpha value is -3.93. The first-order valence-corrected chi connectivity index (χ1v) is 10.7. The maximum atomic E-state index is 12.5. The standard InChI is InChI=1S/C26H25N3O3/c30-15-3-7-22-9-8-20(19-29-14-4-12-28-29)17-25(22)32-16-13-27-26(31)24-11-10-21-5-1-2-6-23(21)18-24/h1-2,4-6,8-12,14-15,17-18H,3,7,13,16,19H2,(H,27,31). The van der Waals surface area contributed by atoms with Crippen LogP contribution in [0.25, 0.3) is 10.8 Å². The third-order valence-corrected chi connectivity index (χ3v) is 5.22. The lowest BCUT2D eigenvalue weighted by Gasteiger charge is -2.14. The average Bonchev–Trinajstić information content (AvgIpc) is 3.34. The van der Waals surface area contributed by atoms with Gasteiger partial charge in [0.15, 0.2) is 0 Å². The predicted molar refractivity (Wildman–Crippen MR) is 124 cm³/mol. The van der Waals surface area contributed by atoms with Gasteiger partial charge in [0, 0.05) is 24.4 Å². The first-order valence-electron chi connectivity index (χ1n) is 10.7. The van der Waals surface area contributed by atoms with Gasteiger partial charge < -0.3 is 14.8 Å². The van der Waals surface area contributed by atoms with Gasteiger partial charge in [-0.15, -0.1) is 0 Å². The van der Waals surface area contributed by atoms with E-state index in [4.69, 9.17) is 4.74 Å². The first kappa shape index (κ1) is 21.3. The summed E-state index contributed by atoms with van der Waals surface area (Å²) in [5.74, 6) is 0.601. The minimum absolute atomic E-state index is 0.132. The van der Waals surface area contributed by atoms with Crippen LogP contribution >= 0.6 is 0 Å². The van der Waals surface area contributed by atoms with Gasteiger partial charge in [-0.05, 0) is 52.6 Å². The number of aryl methyl sites for hydroxylation is 1. The van der Waals surface area contributed by atoms with Gasteiger partial charge in [0.25, 0.3) is 5.91 Å². The van der Waals surface area contributed by atoms with Crippen LogP contribution in [0, 0.1) is 0 Å². The Labute approximate surface area is 186 Å². The molecule has 1 aromatic heterocycles. The van der Waals surface area contributed by atoms with Gasteiger partial charge in [-0.3, -0.25) is 9.48 Å². The zero-order valence-corrected chi connectivity index (χ0v) is 17.7. The molecule has 0 fully saturated rings. The van der Waals surface area contributed by atoms with E-state index in [9.17, 15) is 9.59 Å². The maximum absolute atomic E-state index is 12.5. The Morgan fingerprint density at radius 2 is 1.91 bits per heavy atom. The van der Waals surface area contributed by atoms with Crippen LogP contribution in [0.4, 0.5) is 0 Å². The fourth-order valence-corrected chi connectivity index (χ4v) is 3.59. The van der Waals surface area contributed by atoms with E-state index in [1.807, 2.05) is 77.6 Å². The number of hydrogen-bond acceptors (Lipinski definition) is 4. The third-order valence-electron chi connectivity index (χ3n) is 5.22. The summed E-state index contributed by atoms with van der Waals surface area (Å²) in [6, 6.07) is 21.5. The number of hydrogen-bond donors (Lipinski definition) is 1. The Morgan fingerprint density at radius 1 is 1.03 bits per heavy atom. The number of rotatable bonds is 10. The lowest BCUT2D eigenvalue weighted by molar-refractivity contribution is -0.107. The maximum Gasteiger partial charge on any atom is 0.251 e. The molecule has 3 aromatic carbocycles. The van der Waals surface area contributed by atoms with Crippen LogP contribution in [0.15, 0.2) is 79.1 Å². The molecule has 0 unspecified atom stereocenters. The minimum atomic E-state index is -0.132. The fraction of sp³-hybridized carbons (Fsp3) is 0.192. The van der Waals surface area contributed by atoms with Gasteiger partial charge in [-0.25, -0.2) is 0 Å². The number of carbonyl (C=O) groups is 2. The molecule has 0 saturated carbocycles. The van der Waals surface area contributed by atoms with Crippen molar-refractivity contribution in [1.29, 1.82) is 0 Å². The molecule has 4 aromatic rings. The Kier molecular flexibility index (Phi) is 6.92. The van der Waals surface area contributed by atoms with E-state index in [2.05, 4.69) is 10.4 Å². The summed E-state index contributed by atoms with van der Waals surface area (Å²) in [5.41, 5.74) is 2.65. The topological polar surface area (TPSA) is 73.2 Å². The molecule has 1 heterocycles. The highest BCUT2D eigenvalue weighted by molar-refractivity contribution is 5.98. The van der Waals surface area contributed by atoms with Crippen molar-refractivity contribution in [2.24, 2.45) is 0 Å². The van der Waals surface area contributed by atoms with Crippen molar-refractivity contribution in [1.82, 2.24) is 15.1 Å². The molecule has 0 saturated heterocycles. The largest absolute Gasteiger partial charge is 0.491 e. The lowest BCUT2D eigenvalue weighted by Crippen LogP contribution is -2.28. The van der Waals surface area contributed by atoms with Crippen LogP contribution in [0.1, 0.15) is 27.9 Å². The van der Waals surface area contributed by atoms with Gasteiger partial charge in [-0.1, -0.05) is 42.5 Å². The van der Waals surface area contributed by atoms with Crippen LogP contribution in [0.2, 0.25) is 0 Å². The number of amides is 1. The molecule has 0 spiro atoms. The van der Waals surface area contributed by atoms with E-state index in [0.29, 0.717) is 38.1 Å². The number of fused-ring (bicyclic) bond motifs is 1. The summed E-state index contributed by atoms with van der Waals surface area (Å²) in [5, 5.41) is 9.29. The average molecular weight is 428 g/mol. The fourth-order valence-electron chi connectivity index (χ4n) is 3.59. The van der Waals surface area contributed by atoms with Crippen LogP contribution < -0.4 is 10.1 Å². The van der Waals surface area contributed by atoms with Crippen molar-refractivity contribution < 1.29 is 14.3 Å². The van der Waals surface area contributed by atoms with Crippen LogP contribution in [-0.2, 0) is 17.8 Å². The van der Waals surface area contributed by atoms with Crippen molar-refractivity contribution in [2.45, 2.75) is 19.4 Å². The number of benzene rings is 3. The Morgan fingerprint density at radius 3 is 2.72 bits per heavy atom. The molecule has 0 aliphatic rings. The summed E-state index contributed by atoms with van der Waals surface area (Å²) in [6.45, 7) is 1.34.